The molecule has 0 fully saturated rings. The number of para-hydroxylation sites is 1. The first-order valence-electron chi connectivity index (χ1n) is 5.25. The minimum atomic E-state index is -2.37. The molecule has 0 unspecified atom stereocenters. The minimum absolute atomic E-state index is 0.00127. The van der Waals surface area contributed by atoms with E-state index in [2.05, 4.69) is 0 Å². The van der Waals surface area contributed by atoms with Gasteiger partial charge in [0, 0.05) is 22.7 Å². The largest absolute Gasteiger partial charge is 0.478 e. The van der Waals surface area contributed by atoms with Crippen LogP contribution in [-0.4, -0.2) is 15.6 Å². The summed E-state index contributed by atoms with van der Waals surface area (Å²) in [6.45, 7) is -2.37. The Labute approximate surface area is 79.4 Å². The zero-order valence-corrected chi connectivity index (χ0v) is 6.69. The molecule has 0 spiro atoms. The smallest absolute Gasteiger partial charge is 0.337 e. The number of hydrogen-bond donors (Lipinski definition) is 1. The number of carboxylic acids is 1. The highest BCUT2D eigenvalue weighted by Crippen LogP contribution is 2.18. The summed E-state index contributed by atoms with van der Waals surface area (Å²) in [7, 11) is 0. The van der Waals surface area contributed by atoms with Crippen molar-refractivity contribution >= 4 is 16.9 Å². The van der Waals surface area contributed by atoms with E-state index >= 15 is 0 Å². The molecule has 0 saturated carbocycles. The molecule has 3 nitrogen and oxygen atoms in total. The van der Waals surface area contributed by atoms with Crippen LogP contribution >= 0.6 is 0 Å². The number of benzene rings is 1. The van der Waals surface area contributed by atoms with Gasteiger partial charge in [-0.15, -0.1) is 0 Å². The summed E-state index contributed by atoms with van der Waals surface area (Å²) < 4.78 is 22.9. The van der Waals surface area contributed by atoms with Crippen molar-refractivity contribution in [2.75, 3.05) is 0 Å². The normalized spacial score (nSPS) is 14.9. The predicted octanol–water partition coefficient (Wildman–Crippen LogP) is 1.88. The van der Waals surface area contributed by atoms with Gasteiger partial charge in [0.2, 0.25) is 0 Å². The first kappa shape index (κ1) is 5.07. The van der Waals surface area contributed by atoms with Gasteiger partial charge in [-0.25, -0.2) is 4.79 Å². The second-order valence-corrected chi connectivity index (χ2v) is 2.73. The lowest BCUT2D eigenvalue weighted by Gasteiger charge is -2.00. The third-order valence-electron chi connectivity index (χ3n) is 1.94. The number of aromatic carboxylic acids is 1. The molecular formula is C10H9NO2. The van der Waals surface area contributed by atoms with Crippen LogP contribution in [0, 0.1) is 0 Å². The minimum Gasteiger partial charge on any atom is -0.478 e. The zero-order valence-electron chi connectivity index (χ0n) is 9.69. The monoisotopic (exact) mass is 178 g/mol. The maximum atomic E-state index is 11.0. The summed E-state index contributed by atoms with van der Waals surface area (Å²) in [5.41, 5.74) is 0.230. The number of aromatic nitrogens is 1. The molecule has 2 aromatic rings. The summed E-state index contributed by atoms with van der Waals surface area (Å²) >= 11 is 0. The van der Waals surface area contributed by atoms with Crippen LogP contribution in [0.2, 0.25) is 0 Å². The van der Waals surface area contributed by atoms with E-state index < -0.39 is 12.9 Å². The van der Waals surface area contributed by atoms with Gasteiger partial charge in [-0.1, -0.05) is 12.1 Å². The van der Waals surface area contributed by atoms with Crippen molar-refractivity contribution in [1.82, 2.24) is 4.57 Å². The van der Waals surface area contributed by atoms with Crippen molar-refractivity contribution in [2.24, 2.45) is 6.98 Å². The Bertz CT molecular complexity index is 557. The number of carboxylic acid groups (broad SMARTS) is 1. The second kappa shape index (κ2) is 2.62. The molecule has 2 rings (SSSR count). The highest BCUT2D eigenvalue weighted by molar-refractivity contribution is 6.02. The van der Waals surface area contributed by atoms with Gasteiger partial charge < -0.3 is 9.67 Å². The molecule has 1 aromatic carbocycles. The van der Waals surface area contributed by atoms with Crippen LogP contribution < -0.4 is 0 Å². The molecule has 3 heteroatoms. The standard InChI is InChI=1S/C10H9NO2/c1-11-6-5-7-3-2-4-8(9(7)11)10(12)13/h2-6H,1H3,(H,12,13)/i1D3. The third kappa shape index (κ3) is 1.09. The number of rotatable bonds is 1. The molecule has 0 bridgehead atoms. The van der Waals surface area contributed by atoms with E-state index in [1.807, 2.05) is 0 Å². The molecule has 0 aliphatic rings. The molecule has 0 atom stereocenters. The maximum Gasteiger partial charge on any atom is 0.337 e. The van der Waals surface area contributed by atoms with Crippen molar-refractivity contribution in [2.45, 2.75) is 0 Å². The quantitative estimate of drug-likeness (QED) is 0.724. The molecule has 13 heavy (non-hydrogen) atoms. The molecule has 0 aliphatic heterocycles. The summed E-state index contributed by atoms with van der Waals surface area (Å²) in [6.07, 6.45) is 1.38. The molecule has 0 radical (unpaired) electrons. The van der Waals surface area contributed by atoms with Gasteiger partial charge in [0.05, 0.1) is 11.1 Å². The lowest BCUT2D eigenvalue weighted by atomic mass is 10.1. The highest BCUT2D eigenvalue weighted by Gasteiger charge is 2.09. The summed E-state index contributed by atoms with van der Waals surface area (Å²) in [5, 5.41) is 9.60. The molecule has 1 N–H and O–H groups in total. The number of hydrogen-bond acceptors (Lipinski definition) is 1. The van der Waals surface area contributed by atoms with E-state index in [-0.39, 0.29) is 11.1 Å². The Hall–Kier alpha value is -1.77. The summed E-state index contributed by atoms with van der Waals surface area (Å²) in [4.78, 5) is 11.0. The van der Waals surface area contributed by atoms with Gasteiger partial charge in [0.25, 0.3) is 0 Å². The van der Waals surface area contributed by atoms with Crippen LogP contribution in [0.1, 0.15) is 14.5 Å². The van der Waals surface area contributed by atoms with Crippen molar-refractivity contribution < 1.29 is 14.0 Å². The third-order valence-corrected chi connectivity index (χ3v) is 1.94. The van der Waals surface area contributed by atoms with E-state index in [4.69, 9.17) is 9.22 Å². The fourth-order valence-electron chi connectivity index (χ4n) is 1.37. The van der Waals surface area contributed by atoms with Gasteiger partial charge >= 0.3 is 5.97 Å². The van der Waals surface area contributed by atoms with E-state index in [0.717, 1.165) is 4.57 Å². The maximum absolute atomic E-state index is 11.0. The molecule has 0 saturated heterocycles. The topological polar surface area (TPSA) is 42.2 Å². The lowest BCUT2D eigenvalue weighted by Crippen LogP contribution is -1.99. The first-order chi connectivity index (χ1) is 7.41. The first-order valence-corrected chi connectivity index (χ1v) is 3.75. The Morgan fingerprint density at radius 1 is 1.54 bits per heavy atom. The van der Waals surface area contributed by atoms with Crippen molar-refractivity contribution in [3.63, 3.8) is 0 Å². The Balaban J connectivity index is 2.83. The number of nitrogens with zero attached hydrogens (tertiary/aromatic N) is 1. The lowest BCUT2D eigenvalue weighted by molar-refractivity contribution is 0.0698. The fraction of sp³-hybridized carbons (Fsp3) is 0.100. The van der Waals surface area contributed by atoms with E-state index in [0.29, 0.717) is 5.39 Å². The number of carbonyl (C=O) groups is 1. The van der Waals surface area contributed by atoms with Gasteiger partial charge in [0.15, 0.2) is 0 Å². The Morgan fingerprint density at radius 3 is 3.08 bits per heavy atom. The molecule has 1 heterocycles. The predicted molar refractivity (Wildman–Crippen MR) is 49.9 cm³/mol. The van der Waals surface area contributed by atoms with E-state index in [9.17, 15) is 4.79 Å². The fourth-order valence-corrected chi connectivity index (χ4v) is 1.37. The second-order valence-electron chi connectivity index (χ2n) is 2.73. The molecule has 0 aliphatic carbocycles. The van der Waals surface area contributed by atoms with Gasteiger partial charge in [-0.3, -0.25) is 0 Å². The van der Waals surface area contributed by atoms with Crippen LogP contribution in [0.25, 0.3) is 10.9 Å². The van der Waals surface area contributed by atoms with Crippen LogP contribution in [0.15, 0.2) is 30.5 Å². The van der Waals surface area contributed by atoms with Crippen molar-refractivity contribution in [3.05, 3.63) is 36.0 Å². The molecule has 66 valence electrons. The van der Waals surface area contributed by atoms with Crippen LogP contribution in [0.3, 0.4) is 0 Å². The average molecular weight is 178 g/mol. The van der Waals surface area contributed by atoms with Crippen LogP contribution in [0.4, 0.5) is 0 Å². The van der Waals surface area contributed by atoms with Gasteiger partial charge in [-0.2, -0.15) is 0 Å². The van der Waals surface area contributed by atoms with E-state index in [1.54, 1.807) is 18.2 Å². The van der Waals surface area contributed by atoms with Gasteiger partial charge in [-0.05, 0) is 12.1 Å². The van der Waals surface area contributed by atoms with Crippen LogP contribution in [0.5, 0.6) is 0 Å². The average Bonchev–Trinajstić information content (AvgIpc) is 2.59. The molecule has 0 amide bonds. The summed E-state index contributed by atoms with van der Waals surface area (Å²) in [6, 6.07) is 6.26. The highest BCUT2D eigenvalue weighted by atomic mass is 16.4. The number of fused-ring (bicyclic) bond motifs is 1. The molecular weight excluding hydrogens is 166 g/mol. The number of aryl methyl sites for hydroxylation is 1. The van der Waals surface area contributed by atoms with Crippen molar-refractivity contribution in [1.29, 1.82) is 0 Å². The van der Waals surface area contributed by atoms with Gasteiger partial charge in [0.1, 0.15) is 0 Å². The van der Waals surface area contributed by atoms with Crippen LogP contribution in [-0.2, 0) is 6.98 Å². The molecule has 1 aromatic heterocycles. The zero-order chi connectivity index (χ0) is 11.9. The SMILES string of the molecule is [2H]C([2H])([2H])n1ccc2cccc(C(=O)O)c21. The summed E-state index contributed by atoms with van der Waals surface area (Å²) in [5.74, 6) is -1.13. The Kier molecular flexibility index (Phi) is 1.02. The van der Waals surface area contributed by atoms with E-state index in [1.165, 1.54) is 12.3 Å². The Morgan fingerprint density at radius 2 is 2.38 bits per heavy atom. The van der Waals surface area contributed by atoms with Crippen molar-refractivity contribution in [3.8, 4) is 0 Å².